The van der Waals surface area contributed by atoms with E-state index in [2.05, 4.69) is 66.0 Å². The van der Waals surface area contributed by atoms with Gasteiger partial charge in [-0.3, -0.25) is 9.55 Å². The molecule has 1 atom stereocenters. The molecule has 0 aliphatic heterocycles. The van der Waals surface area contributed by atoms with E-state index in [1.807, 2.05) is 12.3 Å². The minimum atomic E-state index is -0.106. The van der Waals surface area contributed by atoms with Gasteiger partial charge in [-0.15, -0.1) is 0 Å². The summed E-state index contributed by atoms with van der Waals surface area (Å²) in [7, 11) is 0. The van der Waals surface area contributed by atoms with Crippen LogP contribution in [0, 0.1) is 0 Å². The van der Waals surface area contributed by atoms with Crippen molar-refractivity contribution in [1.82, 2.24) is 34.5 Å². The van der Waals surface area contributed by atoms with Crippen LogP contribution >= 0.6 is 0 Å². The van der Waals surface area contributed by atoms with Crippen molar-refractivity contribution in [3.8, 4) is 5.69 Å². The van der Waals surface area contributed by atoms with Crippen LogP contribution in [-0.2, 0) is 0 Å². The van der Waals surface area contributed by atoms with Crippen LogP contribution in [-0.4, -0.2) is 34.5 Å². The monoisotopic (exact) mass is 396 g/mol. The number of hydrogen-bond donors (Lipinski definition) is 2. The highest BCUT2D eigenvalue weighted by Crippen LogP contribution is 2.44. The Bertz CT molecular complexity index is 1350. The zero-order valence-electron chi connectivity index (χ0n) is 16.4. The maximum Gasteiger partial charge on any atom is 0.182 e. The van der Waals surface area contributed by atoms with Gasteiger partial charge in [0.1, 0.15) is 17.7 Å². The van der Waals surface area contributed by atoms with Gasteiger partial charge < -0.3 is 10.3 Å². The smallest absolute Gasteiger partial charge is 0.182 e. The van der Waals surface area contributed by atoms with Gasteiger partial charge in [-0.05, 0) is 49.4 Å². The third-order valence-corrected chi connectivity index (χ3v) is 5.62. The van der Waals surface area contributed by atoms with E-state index < -0.39 is 0 Å². The number of pyridine rings is 1. The first-order chi connectivity index (χ1) is 14.8. The molecule has 4 aromatic heterocycles. The van der Waals surface area contributed by atoms with Gasteiger partial charge in [0.25, 0.3) is 0 Å². The Morgan fingerprint density at radius 2 is 2.07 bits per heavy atom. The topological polar surface area (TPSA) is 97.2 Å². The number of imidazole rings is 2. The number of aromatic amines is 1. The van der Waals surface area contributed by atoms with E-state index in [-0.39, 0.29) is 6.04 Å². The lowest BCUT2D eigenvalue weighted by Crippen LogP contribution is -2.14. The lowest BCUT2D eigenvalue weighted by molar-refractivity contribution is 0.767. The van der Waals surface area contributed by atoms with E-state index in [0.717, 1.165) is 22.5 Å². The molecule has 0 saturated heterocycles. The second-order valence-electron chi connectivity index (χ2n) is 7.70. The van der Waals surface area contributed by atoms with Crippen LogP contribution in [0.25, 0.3) is 27.9 Å². The molecule has 1 aromatic carbocycles. The maximum absolute atomic E-state index is 5.03. The minimum Gasteiger partial charge on any atom is -0.358 e. The van der Waals surface area contributed by atoms with Gasteiger partial charge in [0.15, 0.2) is 11.5 Å². The van der Waals surface area contributed by atoms with Crippen LogP contribution in [0.15, 0.2) is 55.4 Å². The van der Waals surface area contributed by atoms with Gasteiger partial charge in [-0.2, -0.15) is 0 Å². The number of nitrogens with zero attached hydrogens (tertiary/aromatic N) is 6. The van der Waals surface area contributed by atoms with Crippen molar-refractivity contribution < 1.29 is 0 Å². The first kappa shape index (κ1) is 17.1. The maximum atomic E-state index is 5.03. The fraction of sp³-hybridized carbons (Fsp3) is 0.227. The van der Waals surface area contributed by atoms with Gasteiger partial charge in [-0.1, -0.05) is 12.1 Å². The largest absolute Gasteiger partial charge is 0.358 e. The van der Waals surface area contributed by atoms with E-state index in [1.165, 1.54) is 30.2 Å². The summed E-state index contributed by atoms with van der Waals surface area (Å²) in [6, 6.07) is 10.4. The van der Waals surface area contributed by atoms with Crippen LogP contribution in [0.1, 0.15) is 43.1 Å². The number of aromatic nitrogens is 7. The van der Waals surface area contributed by atoms with Crippen molar-refractivity contribution in [3.05, 3.63) is 66.8 Å². The normalized spacial score (nSPS) is 15.0. The molecule has 1 unspecified atom stereocenters. The molecular weight excluding hydrogens is 376 g/mol. The summed E-state index contributed by atoms with van der Waals surface area (Å²) in [5.41, 5.74) is 5.96. The van der Waals surface area contributed by atoms with Gasteiger partial charge in [0.05, 0.1) is 35.3 Å². The standard InChI is InChI=1S/C22H20N8/c1-13(28-21-18-20(25-11-24-18)26-12-27-21)22-29-17-6-2-5-16(14-7-8-14)19(17)30(22)15-4-3-9-23-10-15/h2-6,9-14H,7-8H2,1H3,(H2,24,25,26,27,28). The van der Waals surface area contributed by atoms with Crippen LogP contribution in [0.4, 0.5) is 5.82 Å². The van der Waals surface area contributed by atoms with E-state index in [0.29, 0.717) is 17.4 Å². The summed E-state index contributed by atoms with van der Waals surface area (Å²) in [4.78, 5) is 25.3. The van der Waals surface area contributed by atoms with E-state index in [1.54, 1.807) is 12.5 Å². The second kappa shape index (κ2) is 6.62. The first-order valence-electron chi connectivity index (χ1n) is 10.1. The van der Waals surface area contributed by atoms with Crippen LogP contribution in [0.2, 0.25) is 0 Å². The predicted octanol–water partition coefficient (Wildman–Crippen LogP) is 4.14. The summed E-state index contributed by atoms with van der Waals surface area (Å²) in [6.07, 6.45) is 9.30. The summed E-state index contributed by atoms with van der Waals surface area (Å²) in [6.45, 7) is 2.09. The van der Waals surface area contributed by atoms with Crippen molar-refractivity contribution in [2.45, 2.75) is 31.7 Å². The first-order valence-corrected chi connectivity index (χ1v) is 10.1. The highest BCUT2D eigenvalue weighted by molar-refractivity contribution is 5.84. The lowest BCUT2D eigenvalue weighted by atomic mass is 10.1. The second-order valence-corrected chi connectivity index (χ2v) is 7.70. The third kappa shape index (κ3) is 2.72. The van der Waals surface area contributed by atoms with Crippen LogP contribution in [0.3, 0.4) is 0 Å². The Morgan fingerprint density at radius 1 is 1.13 bits per heavy atom. The van der Waals surface area contributed by atoms with Crippen molar-refractivity contribution in [3.63, 3.8) is 0 Å². The molecular formula is C22H20N8. The molecule has 0 bridgehead atoms. The molecule has 0 spiro atoms. The molecule has 148 valence electrons. The molecule has 1 aliphatic carbocycles. The summed E-state index contributed by atoms with van der Waals surface area (Å²) in [5.74, 6) is 2.23. The fourth-order valence-corrected chi connectivity index (χ4v) is 4.08. The van der Waals surface area contributed by atoms with Gasteiger partial charge in [-0.25, -0.2) is 19.9 Å². The number of hydrogen-bond acceptors (Lipinski definition) is 6. The van der Waals surface area contributed by atoms with Crippen LogP contribution < -0.4 is 5.32 Å². The summed E-state index contributed by atoms with van der Waals surface area (Å²) < 4.78 is 2.24. The SMILES string of the molecule is CC(Nc1ncnc2nc[nH]c12)c1nc2cccc(C3CC3)c2n1-c1cccnc1. The molecule has 1 fully saturated rings. The Labute approximate surface area is 172 Å². The molecule has 8 heteroatoms. The van der Waals surface area contributed by atoms with Crippen LogP contribution in [0.5, 0.6) is 0 Å². The van der Waals surface area contributed by atoms with E-state index >= 15 is 0 Å². The third-order valence-electron chi connectivity index (χ3n) is 5.62. The fourth-order valence-electron chi connectivity index (χ4n) is 4.08. The van der Waals surface area contributed by atoms with Crippen molar-refractivity contribution in [2.24, 2.45) is 0 Å². The summed E-state index contributed by atoms with van der Waals surface area (Å²) >= 11 is 0. The number of para-hydroxylation sites is 1. The van der Waals surface area contributed by atoms with E-state index in [9.17, 15) is 0 Å². The number of benzene rings is 1. The number of rotatable bonds is 5. The summed E-state index contributed by atoms with van der Waals surface area (Å²) in [5, 5.41) is 3.50. The molecule has 1 aliphatic rings. The van der Waals surface area contributed by atoms with Crippen molar-refractivity contribution >= 4 is 28.0 Å². The molecule has 0 radical (unpaired) electrons. The Morgan fingerprint density at radius 3 is 2.90 bits per heavy atom. The number of anilines is 1. The zero-order chi connectivity index (χ0) is 20.1. The quantitative estimate of drug-likeness (QED) is 0.463. The van der Waals surface area contributed by atoms with Gasteiger partial charge in [0, 0.05) is 6.20 Å². The average Bonchev–Trinajstić information content (AvgIpc) is 3.37. The highest BCUT2D eigenvalue weighted by atomic mass is 15.2. The lowest BCUT2D eigenvalue weighted by Gasteiger charge is -2.17. The predicted molar refractivity (Wildman–Crippen MR) is 115 cm³/mol. The van der Waals surface area contributed by atoms with Crippen molar-refractivity contribution in [1.29, 1.82) is 0 Å². The van der Waals surface area contributed by atoms with Gasteiger partial charge in [0.2, 0.25) is 0 Å². The molecule has 4 heterocycles. The molecule has 6 rings (SSSR count). The number of H-pyrrole nitrogens is 1. The van der Waals surface area contributed by atoms with Gasteiger partial charge >= 0.3 is 0 Å². The Kier molecular flexibility index (Phi) is 3.77. The molecule has 5 aromatic rings. The molecule has 30 heavy (non-hydrogen) atoms. The molecule has 0 amide bonds. The number of nitrogens with one attached hydrogen (secondary N) is 2. The molecule has 8 nitrogen and oxygen atoms in total. The van der Waals surface area contributed by atoms with Crippen molar-refractivity contribution in [2.75, 3.05) is 5.32 Å². The Hall–Kier alpha value is -3.81. The van der Waals surface area contributed by atoms with E-state index in [4.69, 9.17) is 4.98 Å². The highest BCUT2D eigenvalue weighted by Gasteiger charge is 2.29. The molecule has 1 saturated carbocycles. The number of fused-ring (bicyclic) bond motifs is 2. The zero-order valence-corrected chi connectivity index (χ0v) is 16.4. The molecule has 2 N–H and O–H groups in total. The minimum absolute atomic E-state index is 0.106. The Balaban J connectivity index is 1.52. The average molecular weight is 396 g/mol.